The van der Waals surface area contributed by atoms with Gasteiger partial charge in [0.15, 0.2) is 5.82 Å². The van der Waals surface area contributed by atoms with Crippen molar-refractivity contribution in [2.75, 3.05) is 44.2 Å². The molecule has 5 rings (SSSR count). The minimum absolute atomic E-state index is 0.166. The summed E-state index contributed by atoms with van der Waals surface area (Å²) >= 11 is 0. The first-order valence-corrected chi connectivity index (χ1v) is 10.2. The van der Waals surface area contributed by atoms with Crippen molar-refractivity contribution in [3.63, 3.8) is 0 Å². The Kier molecular flexibility index (Phi) is 4.32. The lowest BCUT2D eigenvalue weighted by molar-refractivity contribution is 0.204. The number of allylic oxidation sites excluding steroid dienone is 6. The lowest BCUT2D eigenvalue weighted by atomic mass is 9.91. The monoisotopic (exact) mass is 365 g/mol. The second-order valence-corrected chi connectivity index (χ2v) is 8.19. The summed E-state index contributed by atoms with van der Waals surface area (Å²) in [5.74, 6) is 2.71. The van der Waals surface area contributed by atoms with E-state index in [9.17, 15) is 5.11 Å². The highest BCUT2D eigenvalue weighted by Crippen LogP contribution is 2.54. The third-order valence-corrected chi connectivity index (χ3v) is 6.24. The van der Waals surface area contributed by atoms with Crippen LogP contribution in [0.3, 0.4) is 0 Å². The quantitative estimate of drug-likeness (QED) is 0.881. The van der Waals surface area contributed by atoms with Crippen LogP contribution in [0.15, 0.2) is 29.9 Å². The average molecular weight is 365 g/mol. The van der Waals surface area contributed by atoms with Gasteiger partial charge in [0.25, 0.3) is 0 Å². The number of rotatable bonds is 4. The number of nitrogens with zero attached hydrogens (tertiary/aromatic N) is 5. The molecular weight excluding hydrogens is 338 g/mol. The number of β-amino-alcohol motifs (C(OH)–C–C–N with tert-alkyl or cyclic N) is 1. The van der Waals surface area contributed by atoms with E-state index in [1.165, 1.54) is 24.0 Å². The Morgan fingerprint density at radius 2 is 1.96 bits per heavy atom. The van der Waals surface area contributed by atoms with Crippen LogP contribution in [0, 0.1) is 0 Å². The number of hydrogen-bond donors (Lipinski definition) is 1. The topological polar surface area (TPSA) is 65.4 Å². The Morgan fingerprint density at radius 1 is 1.07 bits per heavy atom. The first kappa shape index (κ1) is 17.1. The highest BCUT2D eigenvalue weighted by atomic mass is 16.3. The van der Waals surface area contributed by atoms with Crippen LogP contribution in [0.5, 0.6) is 0 Å². The number of fused-ring (bicyclic) bond motifs is 3. The Hall–Kier alpha value is -2.05. The van der Waals surface area contributed by atoms with E-state index < -0.39 is 0 Å². The zero-order valence-corrected chi connectivity index (χ0v) is 15.8. The van der Waals surface area contributed by atoms with E-state index in [2.05, 4.69) is 34.1 Å². The SMILES string of the molecule is OCCN1CCCN(c2nc3nc(n2)C2(CC2)CC3=CC=C2C=CC2)CC1. The fourth-order valence-corrected chi connectivity index (χ4v) is 4.22. The van der Waals surface area contributed by atoms with Crippen LogP contribution < -0.4 is 4.90 Å². The number of hydrogen-bond acceptors (Lipinski definition) is 6. The van der Waals surface area contributed by atoms with Gasteiger partial charge in [0.2, 0.25) is 5.95 Å². The molecule has 6 nitrogen and oxygen atoms in total. The van der Waals surface area contributed by atoms with Crippen molar-refractivity contribution in [2.24, 2.45) is 0 Å². The molecule has 4 aliphatic rings. The van der Waals surface area contributed by atoms with E-state index in [4.69, 9.17) is 15.0 Å². The van der Waals surface area contributed by atoms with Crippen LogP contribution in [0.2, 0.25) is 0 Å². The van der Waals surface area contributed by atoms with E-state index in [-0.39, 0.29) is 12.0 Å². The van der Waals surface area contributed by atoms with Crippen molar-refractivity contribution in [2.45, 2.75) is 37.5 Å². The Balaban J connectivity index is 1.43. The highest BCUT2D eigenvalue weighted by molar-refractivity contribution is 5.67. The van der Waals surface area contributed by atoms with E-state index in [1.807, 2.05) is 0 Å². The lowest BCUT2D eigenvalue weighted by Crippen LogP contribution is -2.34. The maximum absolute atomic E-state index is 9.21. The molecule has 0 unspecified atom stereocenters. The molecule has 0 amide bonds. The predicted molar refractivity (Wildman–Crippen MR) is 106 cm³/mol. The summed E-state index contributed by atoms with van der Waals surface area (Å²) in [7, 11) is 0. The predicted octanol–water partition coefficient (Wildman–Crippen LogP) is 2.08. The number of aliphatic hydroxyl groups excluding tert-OH is 1. The van der Waals surface area contributed by atoms with Gasteiger partial charge in [-0.2, -0.15) is 9.97 Å². The molecule has 27 heavy (non-hydrogen) atoms. The fraction of sp³-hybridized carbons (Fsp3) is 0.571. The first-order chi connectivity index (χ1) is 13.3. The van der Waals surface area contributed by atoms with Gasteiger partial charge in [0, 0.05) is 31.6 Å². The van der Waals surface area contributed by atoms with Gasteiger partial charge in [-0.05, 0) is 49.8 Å². The average Bonchev–Trinajstić information content (AvgIpc) is 3.43. The summed E-state index contributed by atoms with van der Waals surface area (Å²) in [6, 6.07) is 0. The Bertz CT molecular complexity index is 824. The molecule has 0 radical (unpaired) electrons. The van der Waals surface area contributed by atoms with Crippen LogP contribution in [-0.2, 0) is 5.41 Å². The Labute approximate surface area is 160 Å². The van der Waals surface area contributed by atoms with E-state index >= 15 is 0 Å². The molecule has 1 aromatic heterocycles. The molecule has 2 fully saturated rings. The fourth-order valence-electron chi connectivity index (χ4n) is 4.22. The van der Waals surface area contributed by atoms with E-state index in [0.29, 0.717) is 0 Å². The highest BCUT2D eigenvalue weighted by Gasteiger charge is 2.50. The van der Waals surface area contributed by atoms with Gasteiger partial charge in [0.05, 0.1) is 6.61 Å². The van der Waals surface area contributed by atoms with Gasteiger partial charge in [-0.3, -0.25) is 4.90 Å². The van der Waals surface area contributed by atoms with Crippen LogP contribution in [0.25, 0.3) is 5.57 Å². The smallest absolute Gasteiger partial charge is 0.229 e. The molecule has 6 heteroatoms. The maximum atomic E-state index is 9.21. The van der Waals surface area contributed by atoms with Gasteiger partial charge >= 0.3 is 0 Å². The second-order valence-electron chi connectivity index (χ2n) is 8.19. The molecule has 1 spiro atoms. The largest absolute Gasteiger partial charge is 0.395 e. The molecule has 0 atom stereocenters. The third-order valence-electron chi connectivity index (χ3n) is 6.24. The van der Waals surface area contributed by atoms with Crippen LogP contribution in [0.1, 0.15) is 43.8 Å². The normalized spacial score (nSPS) is 26.5. The molecule has 2 aliphatic carbocycles. The molecule has 1 saturated carbocycles. The van der Waals surface area contributed by atoms with Gasteiger partial charge in [-0.1, -0.05) is 24.3 Å². The van der Waals surface area contributed by atoms with Crippen molar-refractivity contribution in [1.29, 1.82) is 0 Å². The minimum Gasteiger partial charge on any atom is -0.395 e. The summed E-state index contributed by atoms with van der Waals surface area (Å²) in [4.78, 5) is 19.2. The van der Waals surface area contributed by atoms with E-state index in [1.54, 1.807) is 0 Å². The number of aromatic nitrogens is 3. The molecule has 0 aromatic carbocycles. The van der Waals surface area contributed by atoms with Crippen molar-refractivity contribution < 1.29 is 5.11 Å². The summed E-state index contributed by atoms with van der Waals surface area (Å²) in [6.45, 7) is 4.82. The van der Waals surface area contributed by atoms with Crippen molar-refractivity contribution >= 4 is 11.5 Å². The van der Waals surface area contributed by atoms with Gasteiger partial charge in [0.1, 0.15) is 5.82 Å². The maximum Gasteiger partial charge on any atom is 0.229 e. The van der Waals surface area contributed by atoms with Crippen molar-refractivity contribution in [3.8, 4) is 0 Å². The number of aliphatic hydroxyl groups is 1. The minimum atomic E-state index is 0.166. The Morgan fingerprint density at radius 3 is 2.70 bits per heavy atom. The molecule has 142 valence electrons. The molecule has 3 heterocycles. The lowest BCUT2D eigenvalue weighted by Gasteiger charge is -2.27. The zero-order valence-electron chi connectivity index (χ0n) is 15.8. The van der Waals surface area contributed by atoms with Gasteiger partial charge in [-0.15, -0.1) is 0 Å². The first-order valence-electron chi connectivity index (χ1n) is 10.2. The van der Waals surface area contributed by atoms with E-state index in [0.717, 1.165) is 69.6 Å². The molecule has 1 saturated heterocycles. The molecule has 1 aromatic rings. The van der Waals surface area contributed by atoms with Crippen LogP contribution in [-0.4, -0.2) is 64.3 Å². The van der Waals surface area contributed by atoms with Gasteiger partial charge < -0.3 is 10.0 Å². The summed E-state index contributed by atoms with van der Waals surface area (Å²) in [5, 5.41) is 9.21. The molecule has 2 bridgehead atoms. The number of anilines is 1. The second kappa shape index (κ2) is 6.84. The molecule has 2 aliphatic heterocycles. The van der Waals surface area contributed by atoms with Crippen molar-refractivity contribution in [1.82, 2.24) is 19.9 Å². The van der Waals surface area contributed by atoms with Crippen molar-refractivity contribution in [3.05, 3.63) is 41.5 Å². The van der Waals surface area contributed by atoms with Crippen LogP contribution >= 0.6 is 0 Å². The zero-order chi connectivity index (χ0) is 18.3. The van der Waals surface area contributed by atoms with Gasteiger partial charge in [-0.25, -0.2) is 4.98 Å². The third kappa shape index (κ3) is 3.32. The molecule has 1 N–H and O–H groups in total. The standard InChI is InChI=1S/C21H27N5O/c27-14-13-25-9-2-10-26(12-11-25)20-23-18-17(6-5-16-3-1-4-16)15-21(7-8-21)19(22-18)24-20/h1,3,5-6,27H,2,4,7-15H2. The summed E-state index contributed by atoms with van der Waals surface area (Å²) in [6.07, 6.45) is 14.4. The summed E-state index contributed by atoms with van der Waals surface area (Å²) in [5.41, 5.74) is 2.80. The van der Waals surface area contributed by atoms with Crippen LogP contribution in [0.4, 0.5) is 5.95 Å². The molecular formula is C21H27N5O. The summed E-state index contributed by atoms with van der Waals surface area (Å²) < 4.78 is 0.